The largest absolute Gasteiger partial charge is 0.454 e. The van der Waals surface area contributed by atoms with Gasteiger partial charge in [-0.15, -0.1) is 0 Å². The molecule has 0 N–H and O–H groups in total. The predicted molar refractivity (Wildman–Crippen MR) is 52.9 cm³/mol. The molecule has 1 unspecified atom stereocenters. The van der Waals surface area contributed by atoms with Crippen molar-refractivity contribution >= 4 is 11.5 Å². The summed E-state index contributed by atoms with van der Waals surface area (Å²) in [7, 11) is 0. The zero-order valence-electron chi connectivity index (χ0n) is 7.69. The molecule has 0 saturated carbocycles. The molecule has 14 heavy (non-hydrogen) atoms. The van der Waals surface area contributed by atoms with E-state index < -0.39 is 0 Å². The van der Waals surface area contributed by atoms with E-state index in [-0.39, 0.29) is 12.1 Å². The Hall–Kier alpha value is -1.57. The minimum atomic E-state index is -0.176. The van der Waals surface area contributed by atoms with Crippen molar-refractivity contribution in [2.24, 2.45) is 0 Å². The molecule has 0 bridgehead atoms. The predicted octanol–water partition coefficient (Wildman–Crippen LogP) is 2.40. The molecule has 0 fully saturated rings. The number of allylic oxidation sites excluding steroid dienone is 1. The van der Waals surface area contributed by atoms with Crippen molar-refractivity contribution in [1.82, 2.24) is 0 Å². The lowest BCUT2D eigenvalue weighted by Crippen LogP contribution is -2.24. The van der Waals surface area contributed by atoms with E-state index in [0.717, 1.165) is 18.4 Å². The topological polar surface area (TPSA) is 26.3 Å². The second kappa shape index (κ2) is 2.71. The Bertz CT molecular complexity index is 432. The molecular weight excluding hydrogens is 176 g/mol. The molecule has 2 aliphatic rings. The van der Waals surface area contributed by atoms with Gasteiger partial charge in [-0.3, -0.25) is 0 Å². The van der Waals surface area contributed by atoms with Crippen LogP contribution in [0.4, 0.5) is 0 Å². The van der Waals surface area contributed by atoms with Crippen molar-refractivity contribution in [1.29, 1.82) is 0 Å². The molecule has 0 saturated heterocycles. The minimum absolute atomic E-state index is 0.0115. The Morgan fingerprint density at radius 1 is 1.21 bits per heavy atom. The number of ether oxygens (including phenoxy) is 1. The third-order valence-electron chi connectivity index (χ3n) is 2.85. The van der Waals surface area contributed by atoms with E-state index in [1.165, 1.54) is 5.57 Å². The van der Waals surface area contributed by atoms with Gasteiger partial charge < -0.3 is 4.74 Å². The molecule has 0 radical (unpaired) electrons. The Morgan fingerprint density at radius 3 is 2.86 bits per heavy atom. The third kappa shape index (κ3) is 0.939. The van der Waals surface area contributed by atoms with Gasteiger partial charge in [-0.25, -0.2) is 4.79 Å². The van der Waals surface area contributed by atoms with Gasteiger partial charge in [0, 0.05) is 0 Å². The lowest BCUT2D eigenvalue weighted by molar-refractivity contribution is 0.0390. The number of hydrogen-bond acceptors (Lipinski definition) is 2. The molecule has 1 aromatic rings. The molecule has 1 aliphatic carbocycles. The third-order valence-corrected chi connectivity index (χ3v) is 2.85. The summed E-state index contributed by atoms with van der Waals surface area (Å²) in [6, 6.07) is 7.66. The van der Waals surface area contributed by atoms with Crippen LogP contribution in [-0.4, -0.2) is 12.1 Å². The molecule has 1 aromatic carbocycles. The average Bonchev–Trinajstić information content (AvgIpc) is 2.66. The maximum atomic E-state index is 11.6. The van der Waals surface area contributed by atoms with Crippen molar-refractivity contribution in [3.8, 4) is 0 Å². The van der Waals surface area contributed by atoms with Crippen LogP contribution >= 0.6 is 0 Å². The van der Waals surface area contributed by atoms with Gasteiger partial charge >= 0.3 is 5.97 Å². The monoisotopic (exact) mass is 186 g/mol. The lowest BCUT2D eigenvalue weighted by atomic mass is 9.95. The summed E-state index contributed by atoms with van der Waals surface area (Å²) in [4.78, 5) is 11.6. The van der Waals surface area contributed by atoms with Gasteiger partial charge in [0.05, 0.1) is 5.56 Å². The van der Waals surface area contributed by atoms with Gasteiger partial charge in [0.1, 0.15) is 6.10 Å². The summed E-state index contributed by atoms with van der Waals surface area (Å²) in [5.74, 6) is -0.176. The van der Waals surface area contributed by atoms with Crippen LogP contribution in [0.15, 0.2) is 30.3 Å². The number of benzene rings is 1. The van der Waals surface area contributed by atoms with E-state index in [9.17, 15) is 4.79 Å². The molecule has 0 aromatic heterocycles. The maximum Gasteiger partial charge on any atom is 0.339 e. The van der Waals surface area contributed by atoms with Crippen LogP contribution in [0.5, 0.6) is 0 Å². The molecule has 0 spiro atoms. The first kappa shape index (κ1) is 7.80. The van der Waals surface area contributed by atoms with Gasteiger partial charge in [0.2, 0.25) is 0 Å². The highest BCUT2D eigenvalue weighted by Gasteiger charge is 2.32. The summed E-state index contributed by atoms with van der Waals surface area (Å²) in [5, 5.41) is 0. The maximum absolute atomic E-state index is 11.6. The first-order chi connectivity index (χ1) is 6.86. The van der Waals surface area contributed by atoms with Crippen molar-refractivity contribution in [2.75, 3.05) is 0 Å². The van der Waals surface area contributed by atoms with Crippen LogP contribution in [-0.2, 0) is 4.74 Å². The Balaban J connectivity index is 2.22. The number of esters is 1. The van der Waals surface area contributed by atoms with E-state index in [1.54, 1.807) is 0 Å². The quantitative estimate of drug-likeness (QED) is 0.581. The SMILES string of the molecule is O=C1OC2CCC=C2c2ccccc21. The van der Waals surface area contributed by atoms with Crippen LogP contribution in [0.2, 0.25) is 0 Å². The molecule has 1 atom stereocenters. The second-order valence-corrected chi connectivity index (χ2v) is 3.68. The summed E-state index contributed by atoms with van der Waals surface area (Å²) in [6.07, 6.45) is 4.14. The van der Waals surface area contributed by atoms with Gasteiger partial charge in [0.15, 0.2) is 0 Å². The highest BCUT2D eigenvalue weighted by atomic mass is 16.5. The number of rotatable bonds is 0. The normalized spacial score (nSPS) is 23.6. The van der Waals surface area contributed by atoms with E-state index in [4.69, 9.17) is 4.74 Å². The van der Waals surface area contributed by atoms with E-state index in [1.807, 2.05) is 24.3 Å². The number of hydrogen-bond donors (Lipinski definition) is 0. The van der Waals surface area contributed by atoms with Crippen LogP contribution in [0.1, 0.15) is 28.8 Å². The fraction of sp³-hybridized carbons (Fsp3) is 0.250. The Kier molecular flexibility index (Phi) is 1.51. The number of carbonyl (C=O) groups excluding carboxylic acids is 1. The first-order valence-corrected chi connectivity index (χ1v) is 4.87. The molecule has 2 nitrogen and oxygen atoms in total. The summed E-state index contributed by atoms with van der Waals surface area (Å²) >= 11 is 0. The van der Waals surface area contributed by atoms with Crippen LogP contribution in [0.25, 0.3) is 5.57 Å². The molecule has 70 valence electrons. The highest BCUT2D eigenvalue weighted by molar-refractivity contribution is 5.99. The summed E-state index contributed by atoms with van der Waals surface area (Å²) < 4.78 is 5.33. The molecule has 1 heterocycles. The van der Waals surface area contributed by atoms with Crippen molar-refractivity contribution in [3.05, 3.63) is 41.5 Å². The van der Waals surface area contributed by atoms with Gasteiger partial charge in [-0.05, 0) is 30.0 Å². The smallest absolute Gasteiger partial charge is 0.339 e. The highest BCUT2D eigenvalue weighted by Crippen LogP contribution is 2.36. The lowest BCUT2D eigenvalue weighted by Gasteiger charge is -2.23. The summed E-state index contributed by atoms with van der Waals surface area (Å²) in [5.41, 5.74) is 2.96. The van der Waals surface area contributed by atoms with E-state index >= 15 is 0 Å². The Labute approximate surface area is 82.2 Å². The molecular formula is C12H10O2. The van der Waals surface area contributed by atoms with Crippen molar-refractivity contribution < 1.29 is 9.53 Å². The average molecular weight is 186 g/mol. The standard InChI is InChI=1S/C12H10O2/c13-12-10-5-2-1-4-8(10)9-6-3-7-11(9)14-12/h1-2,4-6,11H,3,7H2. The van der Waals surface area contributed by atoms with Crippen LogP contribution < -0.4 is 0 Å². The van der Waals surface area contributed by atoms with Crippen LogP contribution in [0, 0.1) is 0 Å². The Morgan fingerprint density at radius 2 is 2.00 bits per heavy atom. The molecule has 3 rings (SSSR count). The van der Waals surface area contributed by atoms with E-state index in [2.05, 4.69) is 6.08 Å². The molecule has 2 heteroatoms. The number of carbonyl (C=O) groups is 1. The molecule has 0 amide bonds. The zero-order chi connectivity index (χ0) is 9.54. The van der Waals surface area contributed by atoms with Crippen LogP contribution in [0.3, 0.4) is 0 Å². The fourth-order valence-corrected chi connectivity index (χ4v) is 2.19. The fourth-order valence-electron chi connectivity index (χ4n) is 2.19. The van der Waals surface area contributed by atoms with E-state index in [0.29, 0.717) is 5.56 Å². The zero-order valence-corrected chi connectivity index (χ0v) is 7.69. The van der Waals surface area contributed by atoms with Gasteiger partial charge in [-0.2, -0.15) is 0 Å². The summed E-state index contributed by atoms with van der Waals surface area (Å²) in [6.45, 7) is 0. The minimum Gasteiger partial charge on any atom is -0.454 e. The van der Waals surface area contributed by atoms with Gasteiger partial charge in [0.25, 0.3) is 0 Å². The number of fused-ring (bicyclic) bond motifs is 3. The first-order valence-electron chi connectivity index (χ1n) is 4.87. The molecule has 1 aliphatic heterocycles. The van der Waals surface area contributed by atoms with Crippen molar-refractivity contribution in [3.63, 3.8) is 0 Å². The van der Waals surface area contributed by atoms with Crippen molar-refractivity contribution in [2.45, 2.75) is 18.9 Å². The second-order valence-electron chi connectivity index (χ2n) is 3.68. The van der Waals surface area contributed by atoms with Gasteiger partial charge in [-0.1, -0.05) is 24.3 Å².